The number of fused-ring (bicyclic) bond motifs is 3. The van der Waals surface area contributed by atoms with Crippen molar-refractivity contribution in [3.8, 4) is 0 Å². The van der Waals surface area contributed by atoms with Crippen molar-refractivity contribution < 1.29 is 0 Å². The molecule has 0 radical (unpaired) electrons. The third-order valence-electron chi connectivity index (χ3n) is 8.29. The summed E-state index contributed by atoms with van der Waals surface area (Å²) < 4.78 is 0. The lowest BCUT2D eigenvalue weighted by atomic mass is 9.63. The number of hydrogen-bond donors (Lipinski definition) is 0. The Morgan fingerprint density at radius 3 is 2.29 bits per heavy atom. The van der Waals surface area contributed by atoms with Gasteiger partial charge in [0.2, 0.25) is 0 Å². The van der Waals surface area contributed by atoms with E-state index in [4.69, 9.17) is 0 Å². The molecule has 6 atom stereocenters. The third kappa shape index (κ3) is 2.81. The highest BCUT2D eigenvalue weighted by Crippen LogP contribution is 2.57. The van der Waals surface area contributed by atoms with Crippen LogP contribution < -0.4 is 0 Å². The van der Waals surface area contributed by atoms with Crippen molar-refractivity contribution in [2.75, 3.05) is 0 Å². The zero-order chi connectivity index (χ0) is 14.2. The molecule has 4 aliphatic rings. The lowest BCUT2D eigenvalue weighted by Gasteiger charge is -2.42. The molecule has 4 fully saturated rings. The molecule has 0 aromatic rings. The van der Waals surface area contributed by atoms with Gasteiger partial charge in [0.05, 0.1) is 0 Å². The van der Waals surface area contributed by atoms with E-state index in [9.17, 15) is 0 Å². The van der Waals surface area contributed by atoms with Crippen LogP contribution in [0.4, 0.5) is 0 Å². The zero-order valence-corrected chi connectivity index (χ0v) is 14.2. The van der Waals surface area contributed by atoms with Gasteiger partial charge in [-0.05, 0) is 73.5 Å². The van der Waals surface area contributed by atoms with Gasteiger partial charge in [-0.25, -0.2) is 0 Å². The fraction of sp³-hybridized carbons (Fsp3) is 1.00. The minimum Gasteiger partial charge on any atom is -0.0620 e. The Balaban J connectivity index is 1.39. The summed E-state index contributed by atoms with van der Waals surface area (Å²) in [6.45, 7) is 2.65. The fourth-order valence-electron chi connectivity index (χ4n) is 7.17. The Hall–Kier alpha value is 0. The Morgan fingerprint density at radius 1 is 0.667 bits per heavy atom. The predicted molar refractivity (Wildman–Crippen MR) is 90.1 cm³/mol. The second-order valence-electron chi connectivity index (χ2n) is 9.21. The average molecular weight is 289 g/mol. The molecule has 0 spiro atoms. The van der Waals surface area contributed by atoms with Crippen LogP contribution in [0.5, 0.6) is 0 Å². The van der Waals surface area contributed by atoms with Crippen molar-refractivity contribution in [1.29, 1.82) is 0 Å². The van der Waals surface area contributed by atoms with Gasteiger partial charge in [-0.1, -0.05) is 58.3 Å². The molecule has 0 aliphatic heterocycles. The van der Waals surface area contributed by atoms with E-state index in [0.29, 0.717) is 0 Å². The van der Waals surface area contributed by atoms with Gasteiger partial charge in [-0.15, -0.1) is 0 Å². The molecule has 0 bridgehead atoms. The third-order valence-corrected chi connectivity index (χ3v) is 8.29. The van der Waals surface area contributed by atoms with Gasteiger partial charge in [-0.2, -0.15) is 0 Å². The van der Waals surface area contributed by atoms with Crippen LogP contribution in [0.2, 0.25) is 0 Å². The molecule has 120 valence electrons. The fourth-order valence-corrected chi connectivity index (χ4v) is 7.17. The van der Waals surface area contributed by atoms with Crippen molar-refractivity contribution >= 4 is 0 Å². The van der Waals surface area contributed by atoms with Crippen LogP contribution in [0.15, 0.2) is 0 Å². The van der Waals surface area contributed by atoms with Crippen LogP contribution in [0.1, 0.15) is 90.4 Å². The predicted octanol–water partition coefficient (Wildman–Crippen LogP) is 6.45. The molecular weight excluding hydrogens is 252 g/mol. The van der Waals surface area contributed by atoms with Crippen LogP contribution in [0.3, 0.4) is 0 Å². The molecule has 6 unspecified atom stereocenters. The molecule has 4 saturated carbocycles. The maximum absolute atomic E-state index is 2.65. The minimum absolute atomic E-state index is 1.05. The number of rotatable bonds is 2. The monoisotopic (exact) mass is 288 g/mol. The standard InChI is InChI=1S/C21H36/c1-15-17(13-16-7-3-2-4-8-16)11-12-20-19-10-6-5-9-18(19)14-21(15)20/h15-21H,2-14H2,1H3. The molecule has 0 nitrogen and oxygen atoms in total. The SMILES string of the molecule is CC1C(CC2CCCCC2)CCC2C3CCCCC3CC12. The van der Waals surface area contributed by atoms with Crippen LogP contribution in [-0.4, -0.2) is 0 Å². The molecule has 0 aromatic carbocycles. The Kier molecular flexibility index (Phi) is 4.34. The number of hydrogen-bond acceptors (Lipinski definition) is 0. The van der Waals surface area contributed by atoms with Crippen molar-refractivity contribution in [3.63, 3.8) is 0 Å². The normalized spacial score (nSPS) is 47.9. The van der Waals surface area contributed by atoms with Crippen molar-refractivity contribution in [1.82, 2.24) is 0 Å². The van der Waals surface area contributed by atoms with Gasteiger partial charge in [0.1, 0.15) is 0 Å². The van der Waals surface area contributed by atoms with Crippen LogP contribution in [0, 0.1) is 41.4 Å². The van der Waals surface area contributed by atoms with Gasteiger partial charge in [0.15, 0.2) is 0 Å². The van der Waals surface area contributed by atoms with E-state index in [1.54, 1.807) is 64.2 Å². The van der Waals surface area contributed by atoms with Gasteiger partial charge in [0.25, 0.3) is 0 Å². The summed E-state index contributed by atoms with van der Waals surface area (Å²) in [6, 6.07) is 0. The summed E-state index contributed by atoms with van der Waals surface area (Å²) in [6.07, 6.45) is 20.4. The zero-order valence-electron chi connectivity index (χ0n) is 14.2. The van der Waals surface area contributed by atoms with E-state index in [1.807, 2.05) is 0 Å². The van der Waals surface area contributed by atoms with Crippen LogP contribution in [-0.2, 0) is 0 Å². The van der Waals surface area contributed by atoms with Gasteiger partial charge < -0.3 is 0 Å². The van der Waals surface area contributed by atoms with E-state index in [1.165, 1.54) is 19.3 Å². The summed E-state index contributed by atoms with van der Waals surface area (Å²) in [5.41, 5.74) is 0. The highest BCUT2D eigenvalue weighted by atomic mass is 14.5. The maximum atomic E-state index is 2.65. The molecule has 0 aromatic heterocycles. The second-order valence-corrected chi connectivity index (χ2v) is 9.21. The van der Waals surface area contributed by atoms with E-state index in [-0.39, 0.29) is 0 Å². The summed E-state index contributed by atoms with van der Waals surface area (Å²) in [5, 5.41) is 0. The summed E-state index contributed by atoms with van der Waals surface area (Å²) in [7, 11) is 0. The summed E-state index contributed by atoms with van der Waals surface area (Å²) in [5.74, 6) is 7.82. The smallest absolute Gasteiger partial charge is 0.0352 e. The van der Waals surface area contributed by atoms with E-state index in [0.717, 1.165) is 41.4 Å². The van der Waals surface area contributed by atoms with Crippen molar-refractivity contribution in [2.45, 2.75) is 90.4 Å². The van der Waals surface area contributed by atoms with Crippen LogP contribution >= 0.6 is 0 Å². The highest BCUT2D eigenvalue weighted by Gasteiger charge is 2.49. The minimum atomic E-state index is 1.05. The van der Waals surface area contributed by atoms with Crippen LogP contribution in [0.25, 0.3) is 0 Å². The Morgan fingerprint density at radius 2 is 1.43 bits per heavy atom. The molecule has 0 N–H and O–H groups in total. The highest BCUT2D eigenvalue weighted by molar-refractivity contribution is 4.98. The largest absolute Gasteiger partial charge is 0.0620 e. The van der Waals surface area contributed by atoms with E-state index < -0.39 is 0 Å². The molecule has 0 saturated heterocycles. The van der Waals surface area contributed by atoms with E-state index >= 15 is 0 Å². The molecule has 4 aliphatic carbocycles. The lowest BCUT2D eigenvalue weighted by molar-refractivity contribution is 0.0784. The van der Waals surface area contributed by atoms with Gasteiger partial charge in [-0.3, -0.25) is 0 Å². The van der Waals surface area contributed by atoms with Crippen molar-refractivity contribution in [3.05, 3.63) is 0 Å². The summed E-state index contributed by atoms with van der Waals surface area (Å²) in [4.78, 5) is 0. The topological polar surface area (TPSA) is 0 Å². The summed E-state index contributed by atoms with van der Waals surface area (Å²) >= 11 is 0. The first kappa shape index (κ1) is 14.6. The molecule has 0 heteroatoms. The first-order valence-corrected chi connectivity index (χ1v) is 10.3. The van der Waals surface area contributed by atoms with Gasteiger partial charge >= 0.3 is 0 Å². The Bertz CT molecular complexity index is 340. The molecular formula is C21H36. The molecule has 0 amide bonds. The second kappa shape index (κ2) is 6.25. The average Bonchev–Trinajstić information content (AvgIpc) is 2.91. The Labute approximate surface area is 132 Å². The van der Waals surface area contributed by atoms with Gasteiger partial charge in [0, 0.05) is 0 Å². The van der Waals surface area contributed by atoms with Crippen molar-refractivity contribution in [2.24, 2.45) is 41.4 Å². The first-order chi connectivity index (χ1) is 10.3. The maximum Gasteiger partial charge on any atom is -0.0352 e. The molecule has 21 heavy (non-hydrogen) atoms. The molecule has 4 rings (SSSR count). The quantitative estimate of drug-likeness (QED) is 0.548. The first-order valence-electron chi connectivity index (χ1n) is 10.3. The van der Waals surface area contributed by atoms with E-state index in [2.05, 4.69) is 6.92 Å². The lowest BCUT2D eigenvalue weighted by Crippen LogP contribution is -2.33. The molecule has 0 heterocycles.